The summed E-state index contributed by atoms with van der Waals surface area (Å²) >= 11 is 0.565. The Morgan fingerprint density at radius 2 is 1.20 bits per heavy atom. The predicted octanol–water partition coefficient (Wildman–Crippen LogP) is 0.699. The summed E-state index contributed by atoms with van der Waals surface area (Å²) in [5.74, 6) is 4.52. The molecule has 0 radical (unpaired) electrons. The lowest BCUT2D eigenvalue weighted by atomic mass is 9.70. The summed E-state index contributed by atoms with van der Waals surface area (Å²) in [6.45, 7) is 4.98. The van der Waals surface area contributed by atoms with Crippen LogP contribution in [-0.2, 0) is 0 Å². The number of hydrogen-bond acceptors (Lipinski definition) is 0. The highest BCUT2D eigenvalue weighted by atomic mass is 127. The molecule has 0 nitrogen and oxygen atoms in total. The van der Waals surface area contributed by atoms with E-state index in [4.69, 9.17) is 0 Å². The topological polar surface area (TPSA) is 0 Å². The van der Waals surface area contributed by atoms with Crippen LogP contribution >= 0.6 is 0 Å². The van der Waals surface area contributed by atoms with E-state index in [2.05, 4.69) is 13.8 Å². The summed E-state index contributed by atoms with van der Waals surface area (Å²) in [5, 5.41) is 0. The largest absolute Gasteiger partial charge is 0.276 e. The molecule has 6 atom stereocenters. The van der Waals surface area contributed by atoms with Crippen molar-refractivity contribution < 1.29 is 21.2 Å². The lowest BCUT2D eigenvalue weighted by Crippen LogP contribution is -3.67. The SMILES string of the molecule is CC1CCC2C(C1)[I+]C1CC(C)CCC12. The van der Waals surface area contributed by atoms with Gasteiger partial charge in [-0.2, -0.15) is 0 Å². The number of halogens is 1. The van der Waals surface area contributed by atoms with Crippen molar-refractivity contribution in [2.45, 2.75) is 60.2 Å². The molecule has 86 valence electrons. The number of fused-ring (bicyclic) bond motifs is 3. The first-order valence-electron chi connectivity index (χ1n) is 6.86. The van der Waals surface area contributed by atoms with Gasteiger partial charge in [0.05, 0.1) is 0 Å². The van der Waals surface area contributed by atoms with Crippen molar-refractivity contribution in [1.29, 1.82) is 0 Å². The molecule has 3 fully saturated rings. The second-order valence-corrected chi connectivity index (χ2v) is 10.2. The third-order valence-electron chi connectivity index (χ3n) is 5.04. The first-order chi connectivity index (χ1) is 7.24. The third kappa shape index (κ3) is 1.98. The maximum atomic E-state index is 2.49. The van der Waals surface area contributed by atoms with Gasteiger partial charge in [0.1, 0.15) is 0 Å². The summed E-state index contributed by atoms with van der Waals surface area (Å²) in [6, 6.07) is 0. The first kappa shape index (κ1) is 10.9. The zero-order valence-corrected chi connectivity index (χ0v) is 12.2. The van der Waals surface area contributed by atoms with E-state index in [1.165, 1.54) is 19.7 Å². The minimum absolute atomic E-state index is 0.565. The second-order valence-electron chi connectivity index (χ2n) is 6.32. The van der Waals surface area contributed by atoms with Crippen molar-refractivity contribution in [3.8, 4) is 0 Å². The van der Waals surface area contributed by atoms with E-state index >= 15 is 0 Å². The Kier molecular flexibility index (Phi) is 3.04. The second kappa shape index (κ2) is 4.19. The van der Waals surface area contributed by atoms with E-state index in [-0.39, 0.29) is 0 Å². The van der Waals surface area contributed by atoms with Crippen molar-refractivity contribution in [1.82, 2.24) is 0 Å². The molecule has 1 heteroatoms. The summed E-state index contributed by atoms with van der Waals surface area (Å²) in [7, 11) is 0. The molecule has 3 aliphatic rings. The average Bonchev–Trinajstić information content (AvgIpc) is 2.53. The zero-order valence-electron chi connectivity index (χ0n) is 10.1. The Hall–Kier alpha value is 0.730. The smallest absolute Gasteiger partial charge is 0.0623 e. The van der Waals surface area contributed by atoms with Crippen molar-refractivity contribution in [3.05, 3.63) is 0 Å². The summed E-state index contributed by atoms with van der Waals surface area (Å²) in [6.07, 6.45) is 9.51. The molecule has 1 heterocycles. The Morgan fingerprint density at radius 3 is 1.67 bits per heavy atom. The van der Waals surface area contributed by atoms with Gasteiger partial charge in [0.2, 0.25) is 0 Å². The molecule has 2 aliphatic carbocycles. The lowest BCUT2D eigenvalue weighted by molar-refractivity contribution is -0.710. The van der Waals surface area contributed by atoms with Gasteiger partial charge < -0.3 is 0 Å². The Labute approximate surface area is 105 Å². The molecule has 1 aliphatic heterocycles. The fraction of sp³-hybridized carbons (Fsp3) is 1.00. The van der Waals surface area contributed by atoms with E-state index in [9.17, 15) is 0 Å². The van der Waals surface area contributed by atoms with Crippen LogP contribution in [0.15, 0.2) is 0 Å². The van der Waals surface area contributed by atoms with Gasteiger partial charge in [-0.3, -0.25) is 0 Å². The quantitative estimate of drug-likeness (QED) is 0.455. The summed E-state index contributed by atoms with van der Waals surface area (Å²) in [5.41, 5.74) is 0. The van der Waals surface area contributed by atoms with Crippen molar-refractivity contribution in [2.75, 3.05) is 0 Å². The van der Waals surface area contributed by atoms with Gasteiger partial charge in [-0.05, 0) is 37.5 Å². The molecule has 3 rings (SSSR count). The summed E-state index contributed by atoms with van der Waals surface area (Å²) < 4.78 is 2.49. The molecular weight excluding hydrogens is 295 g/mol. The molecule has 0 aromatic rings. The Morgan fingerprint density at radius 1 is 0.733 bits per heavy atom. The highest BCUT2D eigenvalue weighted by Crippen LogP contribution is 2.41. The van der Waals surface area contributed by atoms with Crippen LogP contribution < -0.4 is 21.2 Å². The molecule has 2 saturated carbocycles. The fourth-order valence-electron chi connectivity index (χ4n) is 4.13. The zero-order chi connectivity index (χ0) is 10.4. The normalized spacial score (nSPS) is 54.8. The summed E-state index contributed by atoms with van der Waals surface area (Å²) in [4.78, 5) is 0. The maximum Gasteiger partial charge on any atom is 0.276 e. The van der Waals surface area contributed by atoms with Crippen LogP contribution in [0.4, 0.5) is 0 Å². The van der Waals surface area contributed by atoms with Gasteiger partial charge in [-0.15, -0.1) is 0 Å². The number of hydrogen-bond donors (Lipinski definition) is 0. The molecule has 0 N–H and O–H groups in total. The van der Waals surface area contributed by atoms with Crippen molar-refractivity contribution >= 4 is 0 Å². The van der Waals surface area contributed by atoms with Crippen molar-refractivity contribution in [2.24, 2.45) is 23.7 Å². The lowest BCUT2D eigenvalue weighted by Gasteiger charge is -2.31. The van der Waals surface area contributed by atoms with Gasteiger partial charge in [0, 0.05) is 11.8 Å². The van der Waals surface area contributed by atoms with Crippen LogP contribution in [0.2, 0.25) is 0 Å². The number of alkyl halides is 2. The van der Waals surface area contributed by atoms with Crippen LogP contribution in [0.3, 0.4) is 0 Å². The first-order valence-corrected chi connectivity index (χ1v) is 9.35. The molecule has 0 aromatic carbocycles. The molecule has 0 spiro atoms. The highest BCUT2D eigenvalue weighted by molar-refractivity contribution is 4.93. The minimum atomic E-state index is 0.565. The van der Waals surface area contributed by atoms with Crippen LogP contribution in [0.25, 0.3) is 0 Å². The number of rotatable bonds is 0. The van der Waals surface area contributed by atoms with Crippen LogP contribution in [0.1, 0.15) is 52.4 Å². The molecule has 0 amide bonds. The highest BCUT2D eigenvalue weighted by Gasteiger charge is 2.57. The average molecular weight is 319 g/mol. The van der Waals surface area contributed by atoms with Gasteiger partial charge in [-0.1, -0.05) is 26.7 Å². The fourth-order valence-corrected chi connectivity index (χ4v) is 10.5. The molecule has 0 aromatic heterocycles. The molecule has 1 saturated heterocycles. The van der Waals surface area contributed by atoms with E-state index < -0.39 is 0 Å². The van der Waals surface area contributed by atoms with E-state index in [1.54, 1.807) is 38.5 Å². The van der Waals surface area contributed by atoms with Gasteiger partial charge in [0.25, 0.3) is 21.2 Å². The third-order valence-corrected chi connectivity index (χ3v) is 9.76. The van der Waals surface area contributed by atoms with Crippen LogP contribution in [0.5, 0.6) is 0 Å². The monoisotopic (exact) mass is 319 g/mol. The van der Waals surface area contributed by atoms with Gasteiger partial charge in [0.15, 0.2) is 7.85 Å². The van der Waals surface area contributed by atoms with Gasteiger partial charge >= 0.3 is 0 Å². The standard InChI is InChI=1S/C14H24I/c1-9-3-5-11-12-6-4-10(2)8-14(12)15-13(11)7-9/h9-14H,3-8H2,1-2H3/q+1. The van der Waals surface area contributed by atoms with Gasteiger partial charge in [-0.25, -0.2) is 0 Å². The van der Waals surface area contributed by atoms with Crippen LogP contribution in [-0.4, -0.2) is 7.85 Å². The van der Waals surface area contributed by atoms with Crippen LogP contribution in [0, 0.1) is 23.7 Å². The molecule has 6 unspecified atom stereocenters. The predicted molar refractivity (Wildman–Crippen MR) is 60.6 cm³/mol. The minimum Gasteiger partial charge on any atom is -0.0623 e. The molecule has 15 heavy (non-hydrogen) atoms. The molecule has 0 bridgehead atoms. The maximum absolute atomic E-state index is 2.49. The van der Waals surface area contributed by atoms with E-state index in [0.29, 0.717) is 21.2 Å². The van der Waals surface area contributed by atoms with E-state index in [0.717, 1.165) is 11.8 Å². The Bertz CT molecular complexity index is 213. The van der Waals surface area contributed by atoms with E-state index in [1.807, 2.05) is 0 Å². The Balaban J connectivity index is 1.72. The molecular formula is C14H24I+. The van der Waals surface area contributed by atoms with Crippen molar-refractivity contribution in [3.63, 3.8) is 0 Å².